The summed E-state index contributed by atoms with van der Waals surface area (Å²) in [5.74, 6) is 5.34. The second kappa shape index (κ2) is 39.6. The van der Waals surface area contributed by atoms with Crippen LogP contribution in [-0.4, -0.2) is 60.7 Å². The monoisotopic (exact) mass is 1980 g/mol. The van der Waals surface area contributed by atoms with E-state index < -0.39 is 7.14 Å². The number of nitrogens with one attached hydrogen (secondary N) is 1. The number of carbonyl (C=O) groups excluding carboxylic acids is 1. The molecule has 0 fully saturated rings. The highest BCUT2D eigenvalue weighted by molar-refractivity contribution is 9.10. The van der Waals surface area contributed by atoms with Crippen molar-refractivity contribution in [1.82, 2.24) is 54.8 Å². The molecule has 25 aromatic rings. The fourth-order valence-electron chi connectivity index (χ4n) is 18.7. The van der Waals surface area contributed by atoms with Crippen molar-refractivity contribution >= 4 is 142 Å². The summed E-state index contributed by atoms with van der Waals surface area (Å²) >= 11 is 7.03. The zero-order chi connectivity index (χ0) is 96.1. The zero-order valence-electron chi connectivity index (χ0n) is 76.6. The number of carbonyl (C=O) groups is 1. The van der Waals surface area contributed by atoms with Crippen LogP contribution in [0.4, 0.5) is 5.69 Å². The maximum absolute atomic E-state index is 15.2. The lowest BCUT2D eigenvalue weighted by molar-refractivity contribution is 0.102. The molecule has 5 heterocycles. The SMILES string of the molecule is Brc1ccc(-c2nc3ccccc3c3c2cc(-c2nc(-c4ccccc4)nc(-c4ccccc4)n2)c2ccccc23)cc1.O=C(Nc1ccccc1-c1ccc(-c2nc(-c3ccccc3)nc(-c3ccccc3)n2)c2ccccc12)c1ccc(Br)cc1.O=P(c1ccccc1)(c1ccccc1)c1ccc(-c2nc3ccccc3c3c2cc(-c2nc(-c4ccccc4)nc(-c4ccccc4)n2)c2ccccc23)cc1. The number of amides is 1. The van der Waals surface area contributed by atoms with E-state index in [1.165, 1.54) is 5.39 Å². The highest BCUT2D eigenvalue weighted by atomic mass is 79.9. The second-order valence-electron chi connectivity index (χ2n) is 34.4. The van der Waals surface area contributed by atoms with Crippen molar-refractivity contribution in [3.8, 4) is 136 Å². The first-order valence-electron chi connectivity index (χ1n) is 46.9. The number of rotatable bonds is 17. The summed E-state index contributed by atoms with van der Waals surface area (Å²) in [6.45, 7) is 0. The fraction of sp³-hybridized carbons (Fsp3) is 0. The smallest absolute Gasteiger partial charge is 0.255 e. The molecule has 0 bridgehead atoms. The van der Waals surface area contributed by atoms with E-state index in [2.05, 4.69) is 195 Å². The number of para-hydroxylation sites is 3. The maximum atomic E-state index is 15.2. The van der Waals surface area contributed by atoms with Crippen LogP contribution in [0.25, 0.3) is 212 Å². The van der Waals surface area contributed by atoms with Crippen LogP contribution < -0.4 is 21.2 Å². The normalized spacial score (nSPS) is 11.3. The van der Waals surface area contributed by atoms with Crippen molar-refractivity contribution in [3.63, 3.8) is 0 Å². The fourth-order valence-corrected chi connectivity index (χ4v) is 21.9. The highest BCUT2D eigenvalue weighted by Crippen LogP contribution is 2.48. The van der Waals surface area contributed by atoms with Gasteiger partial charge in [-0.3, -0.25) is 4.79 Å². The molecule has 14 nitrogen and oxygen atoms in total. The summed E-state index contributed by atoms with van der Waals surface area (Å²) in [6, 6.07) is 162. The highest BCUT2D eigenvalue weighted by Gasteiger charge is 2.31. The molecule has 0 saturated carbocycles. The third kappa shape index (κ3) is 18.0. The van der Waals surface area contributed by atoms with E-state index in [1.807, 2.05) is 315 Å². The number of halogens is 2. The van der Waals surface area contributed by atoms with Gasteiger partial charge >= 0.3 is 0 Å². The molecule has 0 atom stereocenters. The molecule has 5 aromatic heterocycles. The van der Waals surface area contributed by atoms with Gasteiger partial charge in [-0.2, -0.15) is 0 Å². The predicted octanol–water partition coefficient (Wildman–Crippen LogP) is 30.9. The minimum absolute atomic E-state index is 0.169. The van der Waals surface area contributed by atoms with Gasteiger partial charge in [0.1, 0.15) is 0 Å². The van der Waals surface area contributed by atoms with E-state index in [0.717, 1.165) is 185 Å². The van der Waals surface area contributed by atoms with Gasteiger partial charge in [0.05, 0.1) is 22.4 Å². The molecule has 20 aromatic carbocycles. The van der Waals surface area contributed by atoms with E-state index in [4.69, 9.17) is 54.8 Å². The van der Waals surface area contributed by atoms with E-state index in [-0.39, 0.29) is 5.91 Å². The van der Waals surface area contributed by atoms with Crippen molar-refractivity contribution < 1.29 is 9.36 Å². The Kier molecular flexibility index (Phi) is 24.7. The zero-order valence-corrected chi connectivity index (χ0v) is 80.7. The number of benzene rings is 20. The van der Waals surface area contributed by atoms with Crippen LogP contribution in [0.3, 0.4) is 0 Å². The average Bonchev–Trinajstić information content (AvgIpc) is 0.718. The minimum atomic E-state index is -3.16. The first-order chi connectivity index (χ1) is 70.5. The van der Waals surface area contributed by atoms with Crippen molar-refractivity contribution in [2.45, 2.75) is 0 Å². The average molecular weight is 1990 g/mol. The molecular formula is C126H81Br2N12O2P. The first-order valence-corrected chi connectivity index (χ1v) is 50.2. The van der Waals surface area contributed by atoms with E-state index in [9.17, 15) is 4.79 Å². The quantitative estimate of drug-likeness (QED) is 0.0670. The Labute approximate surface area is 841 Å². The van der Waals surface area contributed by atoms with Gasteiger partial charge in [0.25, 0.3) is 5.91 Å². The summed E-state index contributed by atoms with van der Waals surface area (Å²) in [4.78, 5) is 68.8. The summed E-state index contributed by atoms with van der Waals surface area (Å²) in [6.07, 6.45) is 0. The Morgan fingerprint density at radius 3 is 0.839 bits per heavy atom. The molecule has 0 unspecified atom stereocenters. The van der Waals surface area contributed by atoms with Crippen LogP contribution in [-0.2, 0) is 4.57 Å². The molecule has 1 amide bonds. The topological polar surface area (TPSA) is 188 Å². The van der Waals surface area contributed by atoms with E-state index >= 15 is 4.57 Å². The molecule has 17 heteroatoms. The van der Waals surface area contributed by atoms with E-state index in [0.29, 0.717) is 58.0 Å². The van der Waals surface area contributed by atoms with Gasteiger partial charge in [-0.25, -0.2) is 54.8 Å². The Hall–Kier alpha value is -17.8. The standard InChI is InChI=1S/C50H33N4OP.C38H25BrN4O.C38H23BrN4/c55-56(37-21-9-3-10-22-37,38-23-11-4-12-24-38)39-31-29-34(30-32-39)47-44-33-43(40-25-13-14-26-41(40)46(44)42-27-15-16-28-45(42)51-47)50-53-48(35-17-5-1-6-18-35)52-49(54-50)36-19-7-2-8-20-36;39-28-21-19-27(20-22-28)38(44)40-34-18-10-9-17-32(34)31-23-24-33(30-16-8-7-15-29(30)31)37-42-35(25-11-3-1-4-12-25)41-36(43-37)26-13-5-2-6-14-26;39-27-21-19-24(20-22-27)35-32-23-31(28-15-7-8-16-29(28)34(32)30-17-9-10-18-33(30)40-35)38-42-36(25-11-3-1-4-12-25)41-37(43-38)26-13-5-2-6-14-26/h1-33H;1-24H,(H,40,44);1-23H. The minimum Gasteiger partial charge on any atom is -0.321 e. The number of hydrogen-bond donors (Lipinski definition) is 1. The molecule has 1 N–H and O–H groups in total. The first kappa shape index (κ1) is 89.1. The predicted molar refractivity (Wildman–Crippen MR) is 592 cm³/mol. The number of pyridine rings is 2. The molecular weight excluding hydrogens is 1900 g/mol. The third-order valence-corrected chi connectivity index (χ3v) is 29.7. The molecule has 0 aliphatic heterocycles. The van der Waals surface area contributed by atoms with Gasteiger partial charge in [-0.05, 0) is 111 Å². The molecule has 676 valence electrons. The summed E-state index contributed by atoms with van der Waals surface area (Å²) < 4.78 is 17.2. The van der Waals surface area contributed by atoms with Crippen LogP contribution in [0.5, 0.6) is 0 Å². The largest absolute Gasteiger partial charge is 0.321 e. The molecule has 0 saturated heterocycles. The number of hydrogen-bond acceptors (Lipinski definition) is 13. The number of anilines is 1. The van der Waals surface area contributed by atoms with Crippen LogP contribution >= 0.6 is 39.0 Å². The van der Waals surface area contributed by atoms with E-state index in [1.54, 1.807) is 12.1 Å². The van der Waals surface area contributed by atoms with Gasteiger partial charge < -0.3 is 9.88 Å². The Morgan fingerprint density at radius 1 is 0.203 bits per heavy atom. The summed E-state index contributed by atoms with van der Waals surface area (Å²) in [5.41, 5.74) is 17.1. The number of aromatic nitrogens is 11. The lowest BCUT2D eigenvalue weighted by Crippen LogP contribution is -2.24. The van der Waals surface area contributed by atoms with Gasteiger partial charge in [-0.1, -0.05) is 444 Å². The van der Waals surface area contributed by atoms with Crippen molar-refractivity contribution in [2.24, 2.45) is 0 Å². The van der Waals surface area contributed by atoms with Crippen LogP contribution in [0.15, 0.2) is 494 Å². The molecule has 143 heavy (non-hydrogen) atoms. The van der Waals surface area contributed by atoms with Crippen LogP contribution in [0.2, 0.25) is 0 Å². The number of fused-ring (bicyclic) bond motifs is 11. The van der Waals surface area contributed by atoms with Crippen molar-refractivity contribution in [1.29, 1.82) is 0 Å². The Bertz CT molecular complexity index is 8940. The second-order valence-corrected chi connectivity index (χ2v) is 39.0. The maximum Gasteiger partial charge on any atom is 0.255 e. The third-order valence-electron chi connectivity index (χ3n) is 25.6. The number of nitrogens with zero attached hydrogens (tertiary/aromatic N) is 11. The van der Waals surface area contributed by atoms with Crippen molar-refractivity contribution in [3.05, 3.63) is 500 Å². The molecule has 25 rings (SSSR count). The van der Waals surface area contributed by atoms with Crippen molar-refractivity contribution in [2.75, 3.05) is 5.32 Å². The Morgan fingerprint density at radius 2 is 0.469 bits per heavy atom. The van der Waals surface area contributed by atoms with Crippen LogP contribution in [0.1, 0.15) is 10.4 Å². The lowest BCUT2D eigenvalue weighted by atomic mass is 9.92. The molecule has 0 radical (unpaired) electrons. The van der Waals surface area contributed by atoms with Crippen LogP contribution in [0, 0.1) is 0 Å². The molecule has 0 spiro atoms. The Balaban J connectivity index is 0.000000120. The molecule has 0 aliphatic carbocycles. The summed E-state index contributed by atoms with van der Waals surface area (Å²) in [7, 11) is -3.16. The van der Waals surface area contributed by atoms with Gasteiger partial charge in [-0.15, -0.1) is 0 Å². The van der Waals surface area contributed by atoms with Gasteiger partial charge in [0, 0.05) is 135 Å². The molecule has 0 aliphatic rings. The lowest BCUT2D eigenvalue weighted by Gasteiger charge is -2.20. The van der Waals surface area contributed by atoms with Gasteiger partial charge in [0.2, 0.25) is 0 Å². The summed E-state index contributed by atoms with van der Waals surface area (Å²) in [5, 5.41) is 18.3. The van der Waals surface area contributed by atoms with Gasteiger partial charge in [0.15, 0.2) is 59.6 Å².